The van der Waals surface area contributed by atoms with Gasteiger partial charge in [-0.05, 0) is 48.5 Å². The Kier molecular flexibility index (Phi) is 3.96. The van der Waals surface area contributed by atoms with Crippen molar-refractivity contribution in [1.82, 2.24) is 4.72 Å². The summed E-state index contributed by atoms with van der Waals surface area (Å²) in [5, 5.41) is 0. The average molecular weight is 385 g/mol. The van der Waals surface area contributed by atoms with Gasteiger partial charge in [0.1, 0.15) is 5.82 Å². The molecule has 0 amide bonds. The molecule has 7 heteroatoms. The van der Waals surface area contributed by atoms with Crippen molar-refractivity contribution in [2.24, 2.45) is 0 Å². The van der Waals surface area contributed by atoms with Gasteiger partial charge in [0.15, 0.2) is 0 Å². The maximum Gasteiger partial charge on any atom is 0.240 e. The normalized spacial score (nSPS) is 14.2. The molecule has 2 aromatic carbocycles. The molecule has 0 aliphatic carbocycles. The fourth-order valence-corrected chi connectivity index (χ4v) is 3.71. The molecule has 0 saturated carbocycles. The quantitative estimate of drug-likeness (QED) is 0.884. The minimum atomic E-state index is -3.63. The summed E-state index contributed by atoms with van der Waals surface area (Å²) < 4.78 is 40.9. The van der Waals surface area contributed by atoms with E-state index in [-0.39, 0.29) is 4.90 Å². The summed E-state index contributed by atoms with van der Waals surface area (Å²) in [6, 6.07) is 9.98. The Morgan fingerprint density at radius 2 is 1.86 bits per heavy atom. The van der Waals surface area contributed by atoms with Gasteiger partial charge in [0.2, 0.25) is 10.0 Å². The van der Waals surface area contributed by atoms with Crippen LogP contribution in [0.2, 0.25) is 0 Å². The molecule has 0 unspecified atom stereocenters. The molecular formula is C15H14BrFN2O2S. The van der Waals surface area contributed by atoms with E-state index in [2.05, 4.69) is 20.7 Å². The van der Waals surface area contributed by atoms with Gasteiger partial charge in [-0.3, -0.25) is 0 Å². The first-order valence-corrected chi connectivity index (χ1v) is 8.93. The van der Waals surface area contributed by atoms with Crippen molar-refractivity contribution in [2.45, 2.75) is 18.0 Å². The molecule has 0 atom stereocenters. The first-order valence-electron chi connectivity index (χ1n) is 6.66. The Morgan fingerprint density at radius 1 is 1.14 bits per heavy atom. The summed E-state index contributed by atoms with van der Waals surface area (Å²) in [7, 11) is -2.33. The lowest BCUT2D eigenvalue weighted by atomic mass is 10.1. The van der Waals surface area contributed by atoms with Crippen LogP contribution in [0.15, 0.2) is 45.8 Å². The lowest BCUT2D eigenvalue weighted by Crippen LogP contribution is -2.20. The van der Waals surface area contributed by atoms with Crippen LogP contribution < -0.4 is 9.62 Å². The van der Waals surface area contributed by atoms with E-state index in [9.17, 15) is 12.8 Å². The van der Waals surface area contributed by atoms with Gasteiger partial charge in [0.25, 0.3) is 0 Å². The Balaban J connectivity index is 1.92. The third-order valence-corrected chi connectivity index (χ3v) is 5.63. The van der Waals surface area contributed by atoms with Gasteiger partial charge >= 0.3 is 0 Å². The number of sulfonamides is 1. The second-order valence-corrected chi connectivity index (χ2v) is 7.89. The SMILES string of the molecule is CNS(=O)(=O)c1ccc(N2Cc3ccc(Br)cc3C2)c(F)c1. The van der Waals surface area contributed by atoms with E-state index in [0.717, 1.165) is 21.7 Å². The molecule has 0 spiro atoms. The molecule has 22 heavy (non-hydrogen) atoms. The van der Waals surface area contributed by atoms with Crippen LogP contribution in [0.1, 0.15) is 11.1 Å². The zero-order valence-corrected chi connectivity index (χ0v) is 14.2. The van der Waals surface area contributed by atoms with Crippen LogP contribution >= 0.6 is 15.9 Å². The van der Waals surface area contributed by atoms with E-state index in [0.29, 0.717) is 18.8 Å². The molecule has 2 aromatic rings. The standard InChI is InChI=1S/C15H14BrFN2O2S/c1-18-22(20,21)13-4-5-15(14(17)7-13)19-8-10-2-3-12(16)6-11(10)9-19/h2-7,18H,8-9H2,1H3. The van der Waals surface area contributed by atoms with Crippen molar-refractivity contribution < 1.29 is 12.8 Å². The monoisotopic (exact) mass is 384 g/mol. The van der Waals surface area contributed by atoms with Gasteiger partial charge in [-0.1, -0.05) is 22.0 Å². The second-order valence-electron chi connectivity index (χ2n) is 5.09. The number of rotatable bonds is 3. The molecule has 0 aromatic heterocycles. The van der Waals surface area contributed by atoms with Crippen LogP contribution in [0, 0.1) is 5.82 Å². The zero-order chi connectivity index (χ0) is 15.9. The Hall–Kier alpha value is -1.44. The van der Waals surface area contributed by atoms with Crippen molar-refractivity contribution in [3.05, 3.63) is 57.8 Å². The number of hydrogen-bond donors (Lipinski definition) is 1. The number of nitrogens with one attached hydrogen (secondary N) is 1. The van der Waals surface area contributed by atoms with E-state index < -0.39 is 15.8 Å². The van der Waals surface area contributed by atoms with Crippen LogP contribution in [0.4, 0.5) is 10.1 Å². The predicted molar refractivity (Wildman–Crippen MR) is 86.7 cm³/mol. The molecular weight excluding hydrogens is 371 g/mol. The van der Waals surface area contributed by atoms with E-state index >= 15 is 0 Å². The van der Waals surface area contributed by atoms with E-state index in [1.807, 2.05) is 23.1 Å². The lowest BCUT2D eigenvalue weighted by Gasteiger charge is -2.19. The topological polar surface area (TPSA) is 49.4 Å². The van der Waals surface area contributed by atoms with Crippen LogP contribution in [0.3, 0.4) is 0 Å². The largest absolute Gasteiger partial charge is 0.360 e. The third-order valence-electron chi connectivity index (χ3n) is 3.73. The molecule has 1 aliphatic rings. The van der Waals surface area contributed by atoms with Gasteiger partial charge in [0, 0.05) is 17.6 Å². The summed E-state index contributed by atoms with van der Waals surface area (Å²) in [6.07, 6.45) is 0. The van der Waals surface area contributed by atoms with Gasteiger partial charge in [-0.25, -0.2) is 17.5 Å². The highest BCUT2D eigenvalue weighted by Gasteiger charge is 2.23. The zero-order valence-electron chi connectivity index (χ0n) is 11.8. The van der Waals surface area contributed by atoms with Crippen molar-refractivity contribution >= 4 is 31.6 Å². The summed E-state index contributed by atoms with van der Waals surface area (Å²) in [4.78, 5) is 1.82. The molecule has 1 N–H and O–H groups in total. The highest BCUT2D eigenvalue weighted by atomic mass is 79.9. The average Bonchev–Trinajstić information content (AvgIpc) is 2.89. The van der Waals surface area contributed by atoms with Gasteiger partial charge in [0.05, 0.1) is 10.6 Å². The van der Waals surface area contributed by atoms with Crippen LogP contribution in [-0.4, -0.2) is 15.5 Å². The van der Waals surface area contributed by atoms with Gasteiger partial charge < -0.3 is 4.90 Å². The number of hydrogen-bond acceptors (Lipinski definition) is 3. The maximum atomic E-state index is 14.3. The Bertz CT molecular complexity index is 839. The summed E-state index contributed by atoms with van der Waals surface area (Å²) in [5.41, 5.74) is 2.69. The summed E-state index contributed by atoms with van der Waals surface area (Å²) >= 11 is 3.43. The van der Waals surface area contributed by atoms with Crippen molar-refractivity contribution in [3.63, 3.8) is 0 Å². The smallest absolute Gasteiger partial charge is 0.240 e. The molecule has 0 fully saturated rings. The first kappa shape index (κ1) is 15.5. The molecule has 1 heterocycles. The molecule has 116 valence electrons. The predicted octanol–water partition coefficient (Wildman–Crippen LogP) is 3.02. The third kappa shape index (κ3) is 2.76. The van der Waals surface area contributed by atoms with Crippen molar-refractivity contribution in [1.29, 1.82) is 0 Å². The lowest BCUT2D eigenvalue weighted by molar-refractivity contribution is 0.583. The number of fused-ring (bicyclic) bond motifs is 1. The number of benzene rings is 2. The van der Waals surface area contributed by atoms with E-state index in [1.165, 1.54) is 19.2 Å². The highest BCUT2D eigenvalue weighted by Crippen LogP contribution is 2.32. The van der Waals surface area contributed by atoms with Gasteiger partial charge in [-0.15, -0.1) is 0 Å². The van der Waals surface area contributed by atoms with Gasteiger partial charge in [-0.2, -0.15) is 0 Å². The van der Waals surface area contributed by atoms with Crippen LogP contribution in [0.5, 0.6) is 0 Å². The maximum absolute atomic E-state index is 14.3. The molecule has 0 radical (unpaired) electrons. The fraction of sp³-hybridized carbons (Fsp3) is 0.200. The molecule has 0 bridgehead atoms. The minimum Gasteiger partial charge on any atom is -0.360 e. The van der Waals surface area contributed by atoms with Crippen molar-refractivity contribution in [3.8, 4) is 0 Å². The first-order chi connectivity index (χ1) is 10.4. The fourth-order valence-electron chi connectivity index (χ4n) is 2.56. The molecule has 0 saturated heterocycles. The molecule has 1 aliphatic heterocycles. The van der Waals surface area contributed by atoms with E-state index in [4.69, 9.17) is 0 Å². The number of nitrogens with zero attached hydrogens (tertiary/aromatic N) is 1. The summed E-state index contributed by atoms with van der Waals surface area (Å²) in [6.45, 7) is 1.21. The number of anilines is 1. The summed E-state index contributed by atoms with van der Waals surface area (Å²) in [5.74, 6) is -0.539. The molecule has 3 rings (SSSR count). The Labute approximate surface area is 137 Å². The van der Waals surface area contributed by atoms with Crippen LogP contribution in [0.25, 0.3) is 0 Å². The van der Waals surface area contributed by atoms with E-state index in [1.54, 1.807) is 0 Å². The van der Waals surface area contributed by atoms with Crippen LogP contribution in [-0.2, 0) is 23.1 Å². The second kappa shape index (κ2) is 5.64. The Morgan fingerprint density at radius 3 is 2.55 bits per heavy atom. The van der Waals surface area contributed by atoms with Crippen molar-refractivity contribution in [2.75, 3.05) is 11.9 Å². The molecule has 4 nitrogen and oxygen atoms in total. The highest BCUT2D eigenvalue weighted by molar-refractivity contribution is 9.10. The minimum absolute atomic E-state index is 0.0734. The number of halogens is 2.